The van der Waals surface area contributed by atoms with Gasteiger partial charge in [0.25, 0.3) is 0 Å². The quantitative estimate of drug-likeness (QED) is 0.224. The second kappa shape index (κ2) is 17.0. The molecule has 0 saturated carbocycles. The van der Waals surface area contributed by atoms with Crippen LogP contribution in [-0.4, -0.2) is 0 Å². The first-order valence-corrected chi connectivity index (χ1v) is 15.9. The molecule has 0 aliphatic rings. The van der Waals surface area contributed by atoms with E-state index in [1.165, 1.54) is 86.8 Å². The molecule has 0 spiro atoms. The van der Waals surface area contributed by atoms with E-state index < -0.39 is 0 Å². The van der Waals surface area contributed by atoms with Crippen LogP contribution in [0.15, 0.2) is 0 Å². The van der Waals surface area contributed by atoms with Gasteiger partial charge in [0, 0.05) is 19.5 Å². The van der Waals surface area contributed by atoms with Gasteiger partial charge < -0.3 is 0 Å². The van der Waals surface area contributed by atoms with Gasteiger partial charge in [-0.2, -0.15) is 0 Å². The summed E-state index contributed by atoms with van der Waals surface area (Å²) in [6.07, 6.45) is 16.5. The summed E-state index contributed by atoms with van der Waals surface area (Å²) in [4.78, 5) is 6.10. The highest BCUT2D eigenvalue weighted by Gasteiger charge is 2.13. The van der Waals surface area contributed by atoms with E-state index in [-0.39, 0.29) is 0 Å². The predicted octanol–water partition coefficient (Wildman–Crippen LogP) is 11.6. The van der Waals surface area contributed by atoms with Crippen molar-refractivity contribution in [2.75, 3.05) is 0 Å². The zero-order valence-electron chi connectivity index (χ0n) is 24.5. The van der Waals surface area contributed by atoms with Gasteiger partial charge in [-0.05, 0) is 88.5 Å². The predicted molar refractivity (Wildman–Crippen MR) is 160 cm³/mol. The summed E-state index contributed by atoms with van der Waals surface area (Å²) in [6, 6.07) is 0. The molecule has 2 rings (SSSR count). The Morgan fingerprint density at radius 1 is 0.500 bits per heavy atom. The topological polar surface area (TPSA) is 0 Å². The van der Waals surface area contributed by atoms with Crippen LogP contribution in [0.4, 0.5) is 0 Å². The normalized spacial score (nSPS) is 13.0. The van der Waals surface area contributed by atoms with Crippen molar-refractivity contribution >= 4 is 22.7 Å². The standard InChI is InChI=1S/2C16H28S/c2*1-6-7-8-9-10-12(2)11-16-13(3)14(4)17-15(16)5/h2*12H,6-11H2,1-5H3/t2*12-/m10/s1. The summed E-state index contributed by atoms with van der Waals surface area (Å²) in [7, 11) is 0. The molecule has 0 nitrogen and oxygen atoms in total. The van der Waals surface area contributed by atoms with Crippen molar-refractivity contribution < 1.29 is 0 Å². The molecule has 196 valence electrons. The third-order valence-electron chi connectivity index (χ3n) is 7.63. The molecule has 2 atom stereocenters. The van der Waals surface area contributed by atoms with Crippen molar-refractivity contribution in [3.63, 3.8) is 0 Å². The fraction of sp³-hybridized carbons (Fsp3) is 0.750. The van der Waals surface area contributed by atoms with E-state index in [0.717, 1.165) is 11.8 Å². The molecular weight excluding hydrogens is 448 g/mol. The van der Waals surface area contributed by atoms with Gasteiger partial charge in [-0.15, -0.1) is 22.7 Å². The summed E-state index contributed by atoms with van der Waals surface area (Å²) in [6.45, 7) is 23.0. The molecule has 0 bridgehead atoms. The van der Waals surface area contributed by atoms with E-state index >= 15 is 0 Å². The Morgan fingerprint density at radius 3 is 1.12 bits per heavy atom. The third kappa shape index (κ3) is 11.0. The van der Waals surface area contributed by atoms with Crippen LogP contribution in [0.25, 0.3) is 0 Å². The SMILES string of the molecule is CCCCCC[C@@H](C)Cc1c(C)sc(C)c1C.CCCCCC[C@H](C)Cc1c(C)sc(C)c1C. The first kappa shape index (κ1) is 31.4. The zero-order valence-corrected chi connectivity index (χ0v) is 26.1. The van der Waals surface area contributed by atoms with E-state index in [4.69, 9.17) is 0 Å². The minimum Gasteiger partial charge on any atom is -0.145 e. The van der Waals surface area contributed by atoms with E-state index in [0.29, 0.717) is 0 Å². The molecule has 2 aromatic heterocycles. The number of hydrogen-bond donors (Lipinski definition) is 0. The summed E-state index contributed by atoms with van der Waals surface area (Å²) in [5.74, 6) is 1.69. The van der Waals surface area contributed by atoms with E-state index in [9.17, 15) is 0 Å². The molecule has 0 radical (unpaired) electrons. The molecule has 2 heterocycles. The highest BCUT2D eigenvalue weighted by molar-refractivity contribution is 7.12. The number of unbranched alkanes of at least 4 members (excludes halogenated alkanes) is 6. The van der Waals surface area contributed by atoms with Gasteiger partial charge in [0.15, 0.2) is 0 Å². The average Bonchev–Trinajstić information content (AvgIpc) is 3.17. The van der Waals surface area contributed by atoms with Gasteiger partial charge >= 0.3 is 0 Å². The summed E-state index contributed by atoms with van der Waals surface area (Å²) >= 11 is 3.94. The Balaban J connectivity index is 0.000000340. The van der Waals surface area contributed by atoms with Crippen LogP contribution < -0.4 is 0 Å². The fourth-order valence-electron chi connectivity index (χ4n) is 5.02. The average molecular weight is 505 g/mol. The number of thiophene rings is 2. The van der Waals surface area contributed by atoms with Gasteiger partial charge in [-0.25, -0.2) is 0 Å². The lowest BCUT2D eigenvalue weighted by Gasteiger charge is -2.12. The van der Waals surface area contributed by atoms with E-state index in [2.05, 4.69) is 69.2 Å². The first-order chi connectivity index (χ1) is 16.1. The molecule has 0 aliphatic heterocycles. The lowest BCUT2D eigenvalue weighted by molar-refractivity contribution is 0.486. The molecule has 0 unspecified atom stereocenters. The molecule has 34 heavy (non-hydrogen) atoms. The highest BCUT2D eigenvalue weighted by atomic mass is 32.1. The van der Waals surface area contributed by atoms with Gasteiger partial charge in [0.1, 0.15) is 0 Å². The van der Waals surface area contributed by atoms with Gasteiger partial charge in [-0.1, -0.05) is 91.9 Å². The second-order valence-electron chi connectivity index (χ2n) is 11.0. The van der Waals surface area contributed by atoms with Crippen LogP contribution in [0.3, 0.4) is 0 Å². The molecule has 0 fully saturated rings. The molecular formula is C32H56S2. The molecule has 0 aromatic carbocycles. The zero-order chi connectivity index (χ0) is 25.7. The largest absolute Gasteiger partial charge is 0.145 e. The minimum atomic E-state index is 0.846. The minimum absolute atomic E-state index is 0.846. The molecule has 2 heteroatoms. The summed E-state index contributed by atoms with van der Waals surface area (Å²) in [5, 5.41) is 0. The van der Waals surface area contributed by atoms with Crippen LogP contribution in [0.2, 0.25) is 0 Å². The highest BCUT2D eigenvalue weighted by Crippen LogP contribution is 2.30. The Kier molecular flexibility index (Phi) is 15.7. The van der Waals surface area contributed by atoms with Crippen LogP contribution in [0.5, 0.6) is 0 Å². The van der Waals surface area contributed by atoms with Crippen molar-refractivity contribution in [2.24, 2.45) is 11.8 Å². The molecule has 0 saturated heterocycles. The fourth-order valence-corrected chi connectivity index (χ4v) is 7.21. The molecule has 0 aliphatic carbocycles. The van der Waals surface area contributed by atoms with Crippen molar-refractivity contribution in [3.8, 4) is 0 Å². The van der Waals surface area contributed by atoms with Gasteiger partial charge in [0.2, 0.25) is 0 Å². The van der Waals surface area contributed by atoms with Crippen LogP contribution in [0, 0.1) is 53.4 Å². The van der Waals surface area contributed by atoms with Gasteiger partial charge in [-0.3, -0.25) is 0 Å². The van der Waals surface area contributed by atoms with Crippen molar-refractivity contribution in [1.82, 2.24) is 0 Å². The van der Waals surface area contributed by atoms with Crippen molar-refractivity contribution in [2.45, 2.75) is 146 Å². The van der Waals surface area contributed by atoms with E-state index in [1.54, 1.807) is 32.0 Å². The number of rotatable bonds is 14. The lowest BCUT2D eigenvalue weighted by Crippen LogP contribution is -2.01. The van der Waals surface area contributed by atoms with Crippen LogP contribution in [0.1, 0.15) is 134 Å². The van der Waals surface area contributed by atoms with Crippen LogP contribution >= 0.6 is 22.7 Å². The Labute approximate surface area is 222 Å². The van der Waals surface area contributed by atoms with E-state index in [1.807, 2.05) is 22.7 Å². The first-order valence-electron chi connectivity index (χ1n) is 14.2. The molecule has 0 amide bonds. The second-order valence-corrected chi connectivity index (χ2v) is 13.8. The Morgan fingerprint density at radius 2 is 0.853 bits per heavy atom. The third-order valence-corrected chi connectivity index (χ3v) is 9.96. The summed E-state index contributed by atoms with van der Waals surface area (Å²) < 4.78 is 0. The maximum absolute atomic E-state index is 2.41. The smallest absolute Gasteiger partial charge is 0.00518 e. The van der Waals surface area contributed by atoms with Crippen molar-refractivity contribution in [1.29, 1.82) is 0 Å². The van der Waals surface area contributed by atoms with Crippen molar-refractivity contribution in [3.05, 3.63) is 41.8 Å². The lowest BCUT2D eigenvalue weighted by atomic mass is 9.93. The van der Waals surface area contributed by atoms with Crippen LogP contribution in [-0.2, 0) is 12.8 Å². The molecule has 2 aromatic rings. The number of hydrogen-bond acceptors (Lipinski definition) is 2. The monoisotopic (exact) mass is 504 g/mol. The maximum Gasteiger partial charge on any atom is 0.00518 e. The Hall–Kier alpha value is -0.600. The molecule has 0 N–H and O–H groups in total. The summed E-state index contributed by atoms with van der Waals surface area (Å²) in [5.41, 5.74) is 6.37. The maximum atomic E-state index is 2.41. The number of aryl methyl sites for hydroxylation is 4. The van der Waals surface area contributed by atoms with Gasteiger partial charge in [0.05, 0.1) is 0 Å². The Bertz CT molecular complexity index is 739.